The van der Waals surface area contributed by atoms with E-state index >= 15 is 0 Å². The van der Waals surface area contributed by atoms with Crippen LogP contribution in [0.1, 0.15) is 72.1 Å². The molecule has 3 heteroatoms. The first-order valence-corrected chi connectivity index (χ1v) is 8.54. The Morgan fingerprint density at radius 3 is 2.40 bits per heavy atom. The summed E-state index contributed by atoms with van der Waals surface area (Å²) >= 11 is 0. The van der Waals surface area contributed by atoms with E-state index in [-0.39, 0.29) is 5.91 Å². The van der Waals surface area contributed by atoms with Crippen molar-refractivity contribution in [3.63, 3.8) is 0 Å². The third kappa shape index (κ3) is 6.74. The van der Waals surface area contributed by atoms with Gasteiger partial charge in [-0.3, -0.25) is 4.79 Å². The number of carbonyl (C=O) groups is 1. The van der Waals surface area contributed by atoms with Crippen LogP contribution in [0.15, 0.2) is 0 Å². The lowest BCUT2D eigenvalue weighted by Crippen LogP contribution is -2.39. The Morgan fingerprint density at radius 2 is 1.90 bits per heavy atom. The number of nitrogens with one attached hydrogen (secondary N) is 1. The van der Waals surface area contributed by atoms with E-state index in [4.69, 9.17) is 5.73 Å². The molecule has 0 spiro atoms. The molecule has 0 saturated heterocycles. The van der Waals surface area contributed by atoms with Gasteiger partial charge in [-0.05, 0) is 56.4 Å². The lowest BCUT2D eigenvalue weighted by molar-refractivity contribution is -0.123. The van der Waals surface area contributed by atoms with E-state index < -0.39 is 0 Å². The first-order valence-electron chi connectivity index (χ1n) is 8.54. The predicted molar refractivity (Wildman–Crippen MR) is 85.4 cm³/mol. The molecule has 0 aromatic heterocycles. The van der Waals surface area contributed by atoms with Crippen LogP contribution in [-0.4, -0.2) is 18.5 Å². The number of nitrogens with two attached hydrogens (primary N) is 1. The van der Waals surface area contributed by atoms with Crippen molar-refractivity contribution in [3.8, 4) is 0 Å². The molecule has 1 saturated carbocycles. The third-order valence-electron chi connectivity index (χ3n) is 4.52. The summed E-state index contributed by atoms with van der Waals surface area (Å²) in [4.78, 5) is 12.1. The van der Waals surface area contributed by atoms with Gasteiger partial charge in [0.2, 0.25) is 5.91 Å². The van der Waals surface area contributed by atoms with Crippen molar-refractivity contribution in [1.82, 2.24) is 5.32 Å². The minimum Gasteiger partial charge on any atom is -0.353 e. The van der Waals surface area contributed by atoms with Crippen molar-refractivity contribution in [2.45, 2.75) is 78.2 Å². The van der Waals surface area contributed by atoms with Crippen LogP contribution in [-0.2, 0) is 4.79 Å². The molecule has 118 valence electrons. The van der Waals surface area contributed by atoms with Crippen LogP contribution in [0.4, 0.5) is 0 Å². The second-order valence-electron chi connectivity index (χ2n) is 7.01. The average Bonchev–Trinajstić information content (AvgIpc) is 2.40. The summed E-state index contributed by atoms with van der Waals surface area (Å²) in [7, 11) is 0. The molecule has 1 rings (SSSR count). The van der Waals surface area contributed by atoms with E-state index in [9.17, 15) is 4.79 Å². The van der Waals surface area contributed by atoms with E-state index in [2.05, 4.69) is 26.1 Å². The van der Waals surface area contributed by atoms with E-state index in [0.29, 0.717) is 30.8 Å². The smallest absolute Gasteiger partial charge is 0.220 e. The zero-order valence-electron chi connectivity index (χ0n) is 13.7. The highest BCUT2D eigenvalue weighted by atomic mass is 16.1. The number of amides is 1. The molecule has 1 fully saturated rings. The van der Waals surface area contributed by atoms with Gasteiger partial charge in [0.25, 0.3) is 0 Å². The normalized spacial score (nSPS) is 24.6. The van der Waals surface area contributed by atoms with Crippen molar-refractivity contribution >= 4 is 5.91 Å². The highest BCUT2D eigenvalue weighted by Gasteiger charge is 2.22. The Morgan fingerprint density at radius 1 is 1.25 bits per heavy atom. The van der Waals surface area contributed by atoms with Crippen LogP contribution in [0.2, 0.25) is 0 Å². The minimum atomic E-state index is 0.208. The monoisotopic (exact) mass is 282 g/mol. The van der Waals surface area contributed by atoms with Crippen molar-refractivity contribution < 1.29 is 4.79 Å². The molecule has 1 unspecified atom stereocenters. The third-order valence-corrected chi connectivity index (χ3v) is 4.52. The Hall–Kier alpha value is -0.570. The summed E-state index contributed by atoms with van der Waals surface area (Å²) in [6, 6.07) is 0.410. The van der Waals surface area contributed by atoms with Gasteiger partial charge in [0, 0.05) is 12.5 Å². The molecule has 0 aromatic rings. The predicted octanol–water partition coefficient (Wildman–Crippen LogP) is 3.47. The molecule has 1 atom stereocenters. The summed E-state index contributed by atoms with van der Waals surface area (Å²) in [6.45, 7) is 7.26. The lowest BCUT2D eigenvalue weighted by atomic mass is 9.83. The molecule has 1 aliphatic rings. The maximum atomic E-state index is 12.1. The molecule has 0 bridgehead atoms. The minimum absolute atomic E-state index is 0.208. The molecule has 3 nitrogen and oxygen atoms in total. The average molecular weight is 282 g/mol. The van der Waals surface area contributed by atoms with Gasteiger partial charge in [-0.1, -0.05) is 33.6 Å². The van der Waals surface area contributed by atoms with Crippen LogP contribution in [0.3, 0.4) is 0 Å². The maximum absolute atomic E-state index is 12.1. The van der Waals surface area contributed by atoms with Crippen molar-refractivity contribution in [2.75, 3.05) is 6.54 Å². The van der Waals surface area contributed by atoms with Crippen molar-refractivity contribution in [3.05, 3.63) is 0 Å². The summed E-state index contributed by atoms with van der Waals surface area (Å²) in [5.41, 5.74) is 5.77. The zero-order valence-corrected chi connectivity index (χ0v) is 13.7. The van der Waals surface area contributed by atoms with E-state index in [1.54, 1.807) is 0 Å². The molecule has 1 aliphatic carbocycles. The van der Waals surface area contributed by atoms with Crippen LogP contribution < -0.4 is 11.1 Å². The molecular weight excluding hydrogens is 248 g/mol. The van der Waals surface area contributed by atoms with Gasteiger partial charge >= 0.3 is 0 Å². The lowest BCUT2D eigenvalue weighted by Gasteiger charge is -2.29. The SMILES string of the molecule is CCCC1CCC(NC(=O)CC(CN)CC(C)C)CC1. The molecule has 0 aliphatic heterocycles. The fraction of sp³-hybridized carbons (Fsp3) is 0.941. The second kappa shape index (κ2) is 9.38. The van der Waals surface area contributed by atoms with Gasteiger partial charge in [-0.25, -0.2) is 0 Å². The molecule has 1 amide bonds. The van der Waals surface area contributed by atoms with Gasteiger partial charge < -0.3 is 11.1 Å². The molecular formula is C17H34N2O. The molecule has 3 N–H and O–H groups in total. The number of rotatable bonds is 8. The van der Waals surface area contributed by atoms with Gasteiger partial charge in [0.15, 0.2) is 0 Å². The Balaban J connectivity index is 2.25. The van der Waals surface area contributed by atoms with Crippen LogP contribution in [0.25, 0.3) is 0 Å². The van der Waals surface area contributed by atoms with Gasteiger partial charge in [-0.15, -0.1) is 0 Å². The van der Waals surface area contributed by atoms with E-state index in [1.165, 1.54) is 25.7 Å². The van der Waals surface area contributed by atoms with Crippen LogP contribution >= 0.6 is 0 Å². The fourth-order valence-electron chi connectivity index (χ4n) is 3.48. The first-order chi connectivity index (χ1) is 9.55. The Kier molecular flexibility index (Phi) is 8.20. The second-order valence-corrected chi connectivity index (χ2v) is 7.01. The van der Waals surface area contributed by atoms with Gasteiger partial charge in [-0.2, -0.15) is 0 Å². The molecule has 0 heterocycles. The molecule has 0 aromatic carbocycles. The number of hydrogen-bond acceptors (Lipinski definition) is 2. The highest BCUT2D eigenvalue weighted by molar-refractivity contribution is 5.76. The van der Waals surface area contributed by atoms with Crippen molar-refractivity contribution in [2.24, 2.45) is 23.5 Å². The van der Waals surface area contributed by atoms with Crippen LogP contribution in [0, 0.1) is 17.8 Å². The van der Waals surface area contributed by atoms with E-state index in [1.807, 2.05) is 0 Å². The Bertz CT molecular complexity index is 270. The topological polar surface area (TPSA) is 55.1 Å². The quantitative estimate of drug-likeness (QED) is 0.716. The number of hydrogen-bond donors (Lipinski definition) is 2. The number of carbonyl (C=O) groups excluding carboxylic acids is 1. The van der Waals surface area contributed by atoms with Gasteiger partial charge in [0.1, 0.15) is 0 Å². The van der Waals surface area contributed by atoms with Gasteiger partial charge in [0.05, 0.1) is 0 Å². The highest BCUT2D eigenvalue weighted by Crippen LogP contribution is 2.27. The summed E-state index contributed by atoms with van der Waals surface area (Å²) in [5.74, 6) is 2.05. The largest absolute Gasteiger partial charge is 0.353 e. The first kappa shape index (κ1) is 17.5. The fourth-order valence-corrected chi connectivity index (χ4v) is 3.48. The summed E-state index contributed by atoms with van der Waals surface area (Å²) in [5, 5.41) is 3.23. The van der Waals surface area contributed by atoms with E-state index in [0.717, 1.165) is 25.2 Å². The Labute approximate surface area is 125 Å². The summed E-state index contributed by atoms with van der Waals surface area (Å²) in [6.07, 6.45) is 9.17. The molecule has 20 heavy (non-hydrogen) atoms. The van der Waals surface area contributed by atoms with Crippen LogP contribution in [0.5, 0.6) is 0 Å². The zero-order chi connectivity index (χ0) is 15.0. The standard InChI is InChI=1S/C17H34N2O/c1-4-5-14-6-8-16(9-7-14)19-17(20)11-15(12-18)10-13(2)3/h13-16H,4-12,18H2,1-3H3,(H,19,20). The maximum Gasteiger partial charge on any atom is 0.220 e. The molecule has 0 radical (unpaired) electrons. The summed E-state index contributed by atoms with van der Waals surface area (Å²) < 4.78 is 0. The van der Waals surface area contributed by atoms with Crippen molar-refractivity contribution in [1.29, 1.82) is 0 Å².